The molecule has 11 fully saturated rings. The van der Waals surface area contributed by atoms with Crippen LogP contribution < -0.4 is 48.7 Å². The highest BCUT2D eigenvalue weighted by Gasteiger charge is 2.47. The number of halogens is 6. The number of alkyl halides is 3. The summed E-state index contributed by atoms with van der Waals surface area (Å²) >= 11 is 20.2. The average molecular weight is 1930 g/mol. The second-order valence-electron chi connectivity index (χ2n) is 39.9. The largest absolute Gasteiger partial charge is 0.496 e. The van der Waals surface area contributed by atoms with Crippen LogP contribution in [0.1, 0.15) is 210 Å². The standard InChI is InChI=1S/2C28H32ClFN4O2.C27H32ClFN4O.C24H35N5O2/c2*1-36-24-6-3-2-5-21(24)18-7-12-33(13-8-18)26-22-15-19(34-14-9-20(35)17-34)16-23(29)25(22)31-27(32-26)28(30)10-4-11-28;1-18-6-3-4-7-21(18)19-8-12-33(13-9-19)25-22-16-20(32(2)14-15-34)17-23(28)24(22)30-26(31-25)27(29)10-5-11-27;1-27(14-15-30)18-8-9-20-19(16-18)24(26-23(25-20)17-6-7-17)29-12-10-28(11-13-29)21-4-3-5-22(21)31-2/h2*2-3,5-6,15-16,18,20,35H,4,7-14,17H2,1H3;3-4,6-7,16-17,19,34H,5,8-15H2,1-2H3;8-9,16-17,21-22,30H,3-7,10-15H2,1-2H3/t2*20-;;/m10../s1. The Bertz CT molecular complexity index is 5910. The number of piperazine rings is 1. The highest BCUT2D eigenvalue weighted by molar-refractivity contribution is 6.37. The number of piperidine rings is 3. The number of hydrogen-bond acceptors (Lipinski definition) is 24. The van der Waals surface area contributed by atoms with Gasteiger partial charge in [-0.1, -0.05) is 95.5 Å². The first kappa shape index (κ1) is 96.2. The van der Waals surface area contributed by atoms with Crippen molar-refractivity contribution >= 4 is 124 Å². The number of likely N-dealkylation sites (N-methyl/N-ethyl adjacent to an activating group) is 2. The van der Waals surface area contributed by atoms with E-state index in [1.165, 1.54) is 54.4 Å². The number of fused-ring (bicyclic) bond motifs is 4. The van der Waals surface area contributed by atoms with Crippen LogP contribution in [0.25, 0.3) is 43.6 Å². The summed E-state index contributed by atoms with van der Waals surface area (Å²) in [6, 6.07) is 43.8. The molecule has 4 aromatic heterocycles. The maximum atomic E-state index is 15.5. The van der Waals surface area contributed by atoms with Crippen LogP contribution in [0.15, 0.2) is 127 Å². The average Bonchev–Trinajstić information content (AvgIpc) is 1.35. The first-order valence-electron chi connectivity index (χ1n) is 50.0. The van der Waals surface area contributed by atoms with Crippen molar-refractivity contribution in [3.63, 3.8) is 0 Å². The zero-order valence-corrected chi connectivity index (χ0v) is 82.2. The minimum absolute atomic E-state index is 0.0469. The molecule has 30 heteroatoms. The van der Waals surface area contributed by atoms with E-state index in [1.807, 2.05) is 74.6 Å². The van der Waals surface area contributed by atoms with E-state index < -0.39 is 17.0 Å². The molecule has 11 aliphatic rings. The first-order chi connectivity index (χ1) is 66.5. The Labute approximate surface area is 817 Å². The molecule has 11 aromatic rings. The number of aryl methyl sites for hydroxylation is 1. The van der Waals surface area contributed by atoms with Crippen LogP contribution in [0.5, 0.6) is 11.5 Å². The van der Waals surface area contributed by atoms with Crippen LogP contribution in [0.3, 0.4) is 0 Å². The van der Waals surface area contributed by atoms with Crippen molar-refractivity contribution in [1.29, 1.82) is 0 Å². The Balaban J connectivity index is 0.000000117. The Morgan fingerprint density at radius 2 is 0.796 bits per heavy atom. The molecule has 10 heterocycles. The monoisotopic (exact) mass is 1930 g/mol. The van der Waals surface area contributed by atoms with Crippen LogP contribution in [-0.2, 0) is 21.7 Å². The molecule has 0 bridgehead atoms. The van der Waals surface area contributed by atoms with Gasteiger partial charge in [-0.2, -0.15) is 0 Å². The fourth-order valence-electron chi connectivity index (χ4n) is 22.3. The van der Waals surface area contributed by atoms with Crippen LogP contribution in [0, 0.1) is 6.92 Å². The summed E-state index contributed by atoms with van der Waals surface area (Å²) in [5, 5.41) is 44.0. The summed E-state index contributed by atoms with van der Waals surface area (Å²) in [5.41, 5.74) is 7.56. The molecule has 5 saturated carbocycles. The highest BCUT2D eigenvalue weighted by atomic mass is 35.5. The summed E-state index contributed by atoms with van der Waals surface area (Å²) < 4.78 is 63.5. The van der Waals surface area contributed by atoms with Gasteiger partial charge in [0.2, 0.25) is 0 Å². The van der Waals surface area contributed by atoms with E-state index in [9.17, 15) is 20.4 Å². The Kier molecular flexibility index (Phi) is 29.2. The summed E-state index contributed by atoms with van der Waals surface area (Å²) in [5.74, 6) is 8.88. The zero-order chi connectivity index (χ0) is 95.0. The third kappa shape index (κ3) is 20.4. The lowest BCUT2D eigenvalue weighted by Gasteiger charge is -2.40. The molecule has 6 saturated heterocycles. The highest BCUT2D eigenvalue weighted by Crippen LogP contribution is 2.52. The third-order valence-corrected chi connectivity index (χ3v) is 32.1. The number of nitrogens with zero attached hydrogens (tertiary/aromatic N) is 17. The van der Waals surface area contributed by atoms with Gasteiger partial charge in [0.1, 0.15) is 40.6 Å². The molecule has 5 aliphatic carbocycles. The quantitative estimate of drug-likeness (QED) is 0.0465. The summed E-state index contributed by atoms with van der Waals surface area (Å²) in [6.07, 6.45) is 18.4. The van der Waals surface area contributed by atoms with Crippen molar-refractivity contribution in [3.05, 3.63) is 188 Å². The summed E-state index contributed by atoms with van der Waals surface area (Å²) in [6.45, 7) is 15.2. The molecule has 4 atom stereocenters. The minimum Gasteiger partial charge on any atom is -0.496 e. The Hall–Kier alpha value is -9.68. The van der Waals surface area contributed by atoms with E-state index in [2.05, 4.69) is 140 Å². The summed E-state index contributed by atoms with van der Waals surface area (Å²) in [4.78, 5) is 58.7. The second kappa shape index (κ2) is 41.6. The third-order valence-electron chi connectivity index (χ3n) is 31.2. The number of aliphatic hydroxyl groups excluding tert-OH is 4. The van der Waals surface area contributed by atoms with Gasteiger partial charge in [-0.05, 0) is 255 Å². The van der Waals surface area contributed by atoms with Crippen LogP contribution in [0.2, 0.25) is 15.1 Å². The molecule has 7 aromatic carbocycles. The fourth-order valence-corrected chi connectivity index (χ4v) is 23.0. The topological polar surface area (TPSA) is 241 Å². The van der Waals surface area contributed by atoms with Crippen molar-refractivity contribution < 1.29 is 47.8 Å². The van der Waals surface area contributed by atoms with Crippen molar-refractivity contribution in [3.8, 4) is 11.5 Å². The van der Waals surface area contributed by atoms with E-state index in [0.717, 1.165) is 240 Å². The number of methoxy groups -OCH3 is 3. The number of hydrogen-bond donors (Lipinski definition) is 4. The molecule has 24 nitrogen and oxygen atoms in total. The Morgan fingerprint density at radius 1 is 0.394 bits per heavy atom. The lowest BCUT2D eigenvalue weighted by atomic mass is 9.81. The number of aromatic nitrogens is 8. The van der Waals surface area contributed by atoms with Gasteiger partial charge >= 0.3 is 0 Å². The lowest BCUT2D eigenvalue weighted by molar-refractivity contribution is 0.0306. The molecule has 728 valence electrons. The van der Waals surface area contributed by atoms with Crippen molar-refractivity contribution in [2.24, 2.45) is 0 Å². The number of rotatable bonds is 23. The van der Waals surface area contributed by atoms with E-state index >= 15 is 13.2 Å². The molecular weight excluding hydrogens is 1800 g/mol. The fraction of sp³-hybridized carbons (Fsp3) is 0.533. The summed E-state index contributed by atoms with van der Waals surface area (Å²) in [7, 11) is 9.23. The van der Waals surface area contributed by atoms with Gasteiger partial charge in [-0.3, -0.25) is 4.90 Å². The van der Waals surface area contributed by atoms with Gasteiger partial charge in [0.25, 0.3) is 0 Å². The number of para-hydroxylation sites is 2. The molecule has 4 N–H and O–H groups in total. The van der Waals surface area contributed by atoms with Gasteiger partial charge in [0.05, 0.1) is 82.9 Å². The predicted molar refractivity (Wildman–Crippen MR) is 543 cm³/mol. The van der Waals surface area contributed by atoms with Gasteiger partial charge in [0.15, 0.2) is 34.5 Å². The van der Waals surface area contributed by atoms with E-state index in [1.54, 1.807) is 14.2 Å². The first-order valence-corrected chi connectivity index (χ1v) is 51.1. The molecule has 6 aliphatic heterocycles. The number of aliphatic hydroxyl groups is 4. The molecule has 2 unspecified atom stereocenters. The van der Waals surface area contributed by atoms with Crippen LogP contribution in [0.4, 0.5) is 59.2 Å². The van der Waals surface area contributed by atoms with Crippen LogP contribution >= 0.6 is 34.8 Å². The second-order valence-corrected chi connectivity index (χ2v) is 41.1. The number of β-amino-alcohol motifs (C(OH)–C–C–N with tert-alkyl or cyclic N) is 2. The Morgan fingerprint density at radius 3 is 1.21 bits per heavy atom. The van der Waals surface area contributed by atoms with Crippen molar-refractivity contribution in [1.82, 2.24) is 44.8 Å². The number of ether oxygens (including phenoxy) is 3. The van der Waals surface area contributed by atoms with Crippen molar-refractivity contribution in [2.45, 2.75) is 213 Å². The number of anilines is 8. The van der Waals surface area contributed by atoms with Crippen molar-refractivity contribution in [2.75, 3.05) is 193 Å². The predicted octanol–water partition coefficient (Wildman–Crippen LogP) is 19.6. The smallest absolute Gasteiger partial charge is 0.170 e. The van der Waals surface area contributed by atoms with Gasteiger partial charge in [-0.25, -0.2) is 53.0 Å². The van der Waals surface area contributed by atoms with Gasteiger partial charge in [-0.15, -0.1) is 0 Å². The molecular formula is C107H131Cl3F3N17O7. The molecule has 0 spiro atoms. The van der Waals surface area contributed by atoms with Gasteiger partial charge in [0, 0.05) is 182 Å². The SMILES string of the molecule is COC1CCCC1N1CCN(c2nc(C3CC3)nc3ccc(N(C)CCO)cc23)CC1.COc1ccccc1C1CCN(c2nc(C3(F)CCC3)nc3c(Cl)cc(N4CC[C@@H](O)C4)cc23)CC1.COc1ccccc1C1CCN(c2nc(C3(F)CCC3)nc3c(Cl)cc(N4CC[C@H](O)C4)cc23)CC1.Cc1ccccc1C1CCN(c2nc(C3(F)CCC3)nc3c(Cl)cc(N(C)CCO)cc23)CC1. The van der Waals surface area contributed by atoms with E-state index in [0.29, 0.717) is 132 Å². The van der Waals surface area contributed by atoms with Gasteiger partial charge < -0.3 is 73.8 Å². The number of benzene rings is 7. The lowest BCUT2D eigenvalue weighted by Crippen LogP contribution is -2.52. The minimum atomic E-state index is -1.47. The molecule has 137 heavy (non-hydrogen) atoms. The van der Waals surface area contributed by atoms with Crippen LogP contribution in [-0.4, -0.2) is 243 Å². The maximum absolute atomic E-state index is 15.5. The molecule has 0 amide bonds. The van der Waals surface area contributed by atoms with E-state index in [-0.39, 0.29) is 42.9 Å². The normalized spacial score (nSPS) is 21.8. The maximum Gasteiger partial charge on any atom is 0.170 e. The molecule has 22 rings (SSSR count). The zero-order valence-electron chi connectivity index (χ0n) is 79.9. The molecule has 0 radical (unpaired) electrons. The van der Waals surface area contributed by atoms with E-state index in [4.69, 9.17) is 73.9 Å².